The second-order valence-electron chi connectivity index (χ2n) is 4.75. The van der Waals surface area contributed by atoms with Crippen LogP contribution in [0.3, 0.4) is 0 Å². The van der Waals surface area contributed by atoms with Gasteiger partial charge in [-0.2, -0.15) is 0 Å². The van der Waals surface area contributed by atoms with Gasteiger partial charge in [0.05, 0.1) is 0 Å². The number of hydrogen-bond donors (Lipinski definition) is 1. The Labute approximate surface area is 123 Å². The Kier molecular flexibility index (Phi) is 4.26. The van der Waals surface area contributed by atoms with Crippen LogP contribution >= 0.6 is 11.3 Å². The largest absolute Gasteiger partial charge is 0.308 e. The summed E-state index contributed by atoms with van der Waals surface area (Å²) in [6, 6.07) is 23.5. The minimum Gasteiger partial charge on any atom is -0.308 e. The number of rotatable bonds is 5. The summed E-state index contributed by atoms with van der Waals surface area (Å²) in [6.07, 6.45) is 0. The third-order valence-electron chi connectivity index (χ3n) is 3.27. The molecule has 1 nitrogen and oxygen atoms in total. The maximum absolute atomic E-state index is 3.47. The standard InChI is InChI=1S/C18H17NS/c1-2-5-16(6-3-1)17-10-8-15(9-11-17)13-19-14-18-7-4-12-20-18/h1-12,19H,13-14H2. The Morgan fingerprint density at radius 3 is 2.15 bits per heavy atom. The maximum Gasteiger partial charge on any atom is 0.0302 e. The van der Waals surface area contributed by atoms with Crippen molar-refractivity contribution in [1.29, 1.82) is 0 Å². The molecule has 0 aliphatic heterocycles. The topological polar surface area (TPSA) is 12.0 Å². The first kappa shape index (κ1) is 13.1. The Morgan fingerprint density at radius 1 is 0.700 bits per heavy atom. The van der Waals surface area contributed by atoms with Crippen molar-refractivity contribution >= 4 is 11.3 Å². The fourth-order valence-electron chi connectivity index (χ4n) is 2.19. The van der Waals surface area contributed by atoms with Crippen molar-refractivity contribution in [1.82, 2.24) is 5.32 Å². The summed E-state index contributed by atoms with van der Waals surface area (Å²) in [4.78, 5) is 1.38. The molecule has 0 amide bonds. The van der Waals surface area contributed by atoms with E-state index < -0.39 is 0 Å². The van der Waals surface area contributed by atoms with E-state index >= 15 is 0 Å². The van der Waals surface area contributed by atoms with E-state index in [1.165, 1.54) is 21.6 Å². The highest BCUT2D eigenvalue weighted by atomic mass is 32.1. The molecule has 0 saturated carbocycles. The molecule has 1 heterocycles. The lowest BCUT2D eigenvalue weighted by Crippen LogP contribution is -2.11. The smallest absolute Gasteiger partial charge is 0.0302 e. The molecular weight excluding hydrogens is 262 g/mol. The lowest BCUT2D eigenvalue weighted by molar-refractivity contribution is 0.701. The van der Waals surface area contributed by atoms with Gasteiger partial charge in [0.1, 0.15) is 0 Å². The first-order chi connectivity index (χ1) is 9.92. The SMILES string of the molecule is c1ccc(-c2ccc(CNCc3cccs3)cc2)cc1. The molecule has 0 spiro atoms. The van der Waals surface area contributed by atoms with Crippen molar-refractivity contribution in [2.45, 2.75) is 13.1 Å². The Morgan fingerprint density at radius 2 is 1.45 bits per heavy atom. The molecule has 3 rings (SSSR count). The molecule has 0 atom stereocenters. The lowest BCUT2D eigenvalue weighted by Gasteiger charge is -2.06. The van der Waals surface area contributed by atoms with Gasteiger partial charge < -0.3 is 5.32 Å². The molecule has 1 aromatic heterocycles. The van der Waals surface area contributed by atoms with Crippen molar-refractivity contribution in [2.24, 2.45) is 0 Å². The predicted octanol–water partition coefficient (Wildman–Crippen LogP) is 4.70. The molecular formula is C18H17NS. The third-order valence-corrected chi connectivity index (χ3v) is 4.15. The van der Waals surface area contributed by atoms with E-state index in [0.717, 1.165) is 13.1 Å². The number of nitrogens with one attached hydrogen (secondary N) is 1. The average molecular weight is 279 g/mol. The van der Waals surface area contributed by atoms with Crippen LogP contribution in [-0.4, -0.2) is 0 Å². The van der Waals surface area contributed by atoms with Gasteiger partial charge >= 0.3 is 0 Å². The van der Waals surface area contributed by atoms with Gasteiger partial charge in [-0.3, -0.25) is 0 Å². The van der Waals surface area contributed by atoms with E-state index in [1.807, 2.05) is 6.07 Å². The van der Waals surface area contributed by atoms with E-state index in [9.17, 15) is 0 Å². The van der Waals surface area contributed by atoms with Gasteiger partial charge in [-0.1, -0.05) is 60.7 Å². The second-order valence-corrected chi connectivity index (χ2v) is 5.78. The van der Waals surface area contributed by atoms with Gasteiger partial charge in [-0.05, 0) is 28.1 Å². The van der Waals surface area contributed by atoms with E-state index in [1.54, 1.807) is 11.3 Å². The number of benzene rings is 2. The summed E-state index contributed by atoms with van der Waals surface area (Å²) >= 11 is 1.80. The molecule has 20 heavy (non-hydrogen) atoms. The molecule has 1 N–H and O–H groups in total. The van der Waals surface area contributed by atoms with Gasteiger partial charge in [0.25, 0.3) is 0 Å². The lowest BCUT2D eigenvalue weighted by atomic mass is 10.0. The van der Waals surface area contributed by atoms with E-state index in [2.05, 4.69) is 71.4 Å². The molecule has 2 heteroatoms. The zero-order chi connectivity index (χ0) is 13.6. The first-order valence-electron chi connectivity index (χ1n) is 6.79. The van der Waals surface area contributed by atoms with E-state index in [0.29, 0.717) is 0 Å². The second kappa shape index (κ2) is 6.51. The zero-order valence-corrected chi connectivity index (χ0v) is 12.1. The fourth-order valence-corrected chi connectivity index (χ4v) is 2.86. The van der Waals surface area contributed by atoms with Crippen molar-refractivity contribution in [3.63, 3.8) is 0 Å². The van der Waals surface area contributed by atoms with Crippen molar-refractivity contribution in [2.75, 3.05) is 0 Å². The Hall–Kier alpha value is -1.90. The fraction of sp³-hybridized carbons (Fsp3) is 0.111. The molecule has 0 aliphatic carbocycles. The summed E-state index contributed by atoms with van der Waals surface area (Å²) < 4.78 is 0. The molecule has 0 fully saturated rings. The third kappa shape index (κ3) is 3.35. The van der Waals surface area contributed by atoms with Crippen molar-refractivity contribution < 1.29 is 0 Å². The number of hydrogen-bond acceptors (Lipinski definition) is 2. The Bertz CT molecular complexity index is 627. The van der Waals surface area contributed by atoms with Gasteiger partial charge in [0.15, 0.2) is 0 Å². The minimum atomic E-state index is 0.910. The highest BCUT2D eigenvalue weighted by Gasteiger charge is 1.98. The van der Waals surface area contributed by atoms with Crippen molar-refractivity contribution in [3.05, 3.63) is 82.6 Å². The molecule has 0 radical (unpaired) electrons. The average Bonchev–Trinajstić information content (AvgIpc) is 3.02. The molecule has 100 valence electrons. The van der Waals surface area contributed by atoms with Crippen LogP contribution in [0.1, 0.15) is 10.4 Å². The predicted molar refractivity (Wildman–Crippen MR) is 86.7 cm³/mol. The van der Waals surface area contributed by atoms with Crippen LogP contribution in [0.5, 0.6) is 0 Å². The highest BCUT2D eigenvalue weighted by Crippen LogP contribution is 2.19. The van der Waals surface area contributed by atoms with Gasteiger partial charge in [0, 0.05) is 18.0 Å². The zero-order valence-electron chi connectivity index (χ0n) is 11.3. The molecule has 0 saturated heterocycles. The van der Waals surface area contributed by atoms with E-state index in [4.69, 9.17) is 0 Å². The summed E-state index contributed by atoms with van der Waals surface area (Å²) in [6.45, 7) is 1.85. The van der Waals surface area contributed by atoms with Crippen LogP contribution < -0.4 is 5.32 Å². The summed E-state index contributed by atoms with van der Waals surface area (Å²) in [5.74, 6) is 0. The van der Waals surface area contributed by atoms with Crippen LogP contribution in [0.15, 0.2) is 72.1 Å². The molecule has 3 aromatic rings. The normalized spacial score (nSPS) is 10.6. The Balaban J connectivity index is 1.59. The first-order valence-corrected chi connectivity index (χ1v) is 7.67. The van der Waals surface area contributed by atoms with Crippen LogP contribution in [0.2, 0.25) is 0 Å². The van der Waals surface area contributed by atoms with Gasteiger partial charge in [-0.15, -0.1) is 11.3 Å². The maximum atomic E-state index is 3.47. The molecule has 0 bridgehead atoms. The molecule has 0 unspecified atom stereocenters. The van der Waals surface area contributed by atoms with Crippen LogP contribution in [-0.2, 0) is 13.1 Å². The molecule has 0 aliphatic rings. The van der Waals surface area contributed by atoms with Crippen molar-refractivity contribution in [3.8, 4) is 11.1 Å². The van der Waals surface area contributed by atoms with Gasteiger partial charge in [0.2, 0.25) is 0 Å². The van der Waals surface area contributed by atoms with E-state index in [-0.39, 0.29) is 0 Å². The van der Waals surface area contributed by atoms with Crippen LogP contribution in [0.25, 0.3) is 11.1 Å². The minimum absolute atomic E-state index is 0.910. The monoisotopic (exact) mass is 279 g/mol. The van der Waals surface area contributed by atoms with Gasteiger partial charge in [-0.25, -0.2) is 0 Å². The molecule has 2 aromatic carbocycles. The van der Waals surface area contributed by atoms with Crippen LogP contribution in [0, 0.1) is 0 Å². The quantitative estimate of drug-likeness (QED) is 0.713. The van der Waals surface area contributed by atoms with Crippen LogP contribution in [0.4, 0.5) is 0 Å². The number of thiophene rings is 1. The summed E-state index contributed by atoms with van der Waals surface area (Å²) in [5, 5.41) is 5.59. The highest BCUT2D eigenvalue weighted by molar-refractivity contribution is 7.09. The summed E-state index contributed by atoms with van der Waals surface area (Å²) in [5.41, 5.74) is 3.86. The summed E-state index contributed by atoms with van der Waals surface area (Å²) in [7, 11) is 0.